The van der Waals surface area contributed by atoms with E-state index in [1.54, 1.807) is 18.4 Å². The van der Waals surface area contributed by atoms with Gasteiger partial charge in [0, 0.05) is 76.1 Å². The number of carboxylic acid groups (broad SMARTS) is 2. The van der Waals surface area contributed by atoms with Crippen LogP contribution in [0.2, 0.25) is 0 Å². The average molecular weight is 1200 g/mol. The Morgan fingerprint density at radius 2 is 0.965 bits per heavy atom. The van der Waals surface area contributed by atoms with Crippen LogP contribution in [0.4, 0.5) is 11.6 Å². The number of hydrogen-bond acceptors (Lipinski definition) is 18. The predicted octanol–water partition coefficient (Wildman–Crippen LogP) is 9.78. The van der Waals surface area contributed by atoms with Crippen molar-refractivity contribution >= 4 is 34.9 Å². The number of fused-ring (bicyclic) bond motifs is 16. The average Bonchev–Trinajstić information content (AvgIpc) is 1.99. The second-order valence-electron chi connectivity index (χ2n) is 27.2. The number of carboxylic acids is 2. The maximum atomic E-state index is 12.7. The molecule has 472 valence electrons. The number of aryl methyl sites for hydroxylation is 2. The number of aromatic nitrogens is 12. The van der Waals surface area contributed by atoms with Crippen molar-refractivity contribution in [2.75, 3.05) is 62.4 Å². The standard InChI is InChI=1S/2C31H47N7O5/c2*1-20(2)16-24-23-19-37(35-33-23)18-22-17-25-32-21(3)26(27(29(39)40)43-30(4,5)6)28(38(25)34-22)36-12-10-31(7,11-13-36)42-15-9-8-14-41-24/h2*17,19-20,24,27H,8-16,18H2,1-7H3,(H,39,40)/t2*24?,27-/m00/s1. The Morgan fingerprint density at radius 1 is 0.605 bits per heavy atom. The molecule has 24 heteroatoms. The van der Waals surface area contributed by atoms with Gasteiger partial charge in [-0.05, 0) is 145 Å². The molecular weight excluding hydrogens is 1100 g/mol. The third-order valence-electron chi connectivity index (χ3n) is 16.3. The van der Waals surface area contributed by atoms with Gasteiger partial charge in [-0.15, -0.1) is 10.2 Å². The Bertz CT molecular complexity index is 3050. The molecule has 2 N–H and O–H groups in total. The fourth-order valence-corrected chi connectivity index (χ4v) is 11.9. The Balaban J connectivity index is 0.000000205. The first kappa shape index (κ1) is 64.3. The molecule has 0 aromatic carbocycles. The van der Waals surface area contributed by atoms with Crippen LogP contribution in [0.15, 0.2) is 24.5 Å². The number of carbonyl (C=O) groups is 2. The molecule has 0 saturated carbocycles. The monoisotopic (exact) mass is 1190 g/mol. The van der Waals surface area contributed by atoms with Gasteiger partial charge in [0.15, 0.2) is 23.5 Å². The van der Waals surface area contributed by atoms with E-state index in [1.165, 1.54) is 0 Å². The highest BCUT2D eigenvalue weighted by molar-refractivity contribution is 5.79. The number of aliphatic carboxylic acids is 2. The van der Waals surface area contributed by atoms with Gasteiger partial charge in [0.2, 0.25) is 0 Å². The van der Waals surface area contributed by atoms with Gasteiger partial charge in [-0.2, -0.15) is 19.2 Å². The fourth-order valence-electron chi connectivity index (χ4n) is 11.9. The van der Waals surface area contributed by atoms with Crippen LogP contribution in [0.1, 0.15) is 217 Å². The second kappa shape index (κ2) is 26.7. The second-order valence-corrected chi connectivity index (χ2v) is 27.2. The van der Waals surface area contributed by atoms with E-state index < -0.39 is 35.3 Å². The minimum atomic E-state index is -1.21. The van der Waals surface area contributed by atoms with E-state index in [0.29, 0.717) is 123 Å². The van der Waals surface area contributed by atoms with Crippen LogP contribution < -0.4 is 9.80 Å². The minimum absolute atomic E-state index is 0.132. The molecule has 2 fully saturated rings. The largest absolute Gasteiger partial charge is 0.479 e. The van der Waals surface area contributed by atoms with Crippen molar-refractivity contribution in [1.29, 1.82) is 0 Å². The molecule has 12 bridgehead atoms. The number of ether oxygens (including phenoxy) is 6. The molecule has 4 atom stereocenters. The Morgan fingerprint density at radius 3 is 1.30 bits per heavy atom. The topological polar surface area (TPSA) is 258 Å². The Labute approximate surface area is 505 Å². The van der Waals surface area contributed by atoms with Crippen molar-refractivity contribution in [2.24, 2.45) is 11.8 Å². The van der Waals surface area contributed by atoms with Crippen LogP contribution in [0.5, 0.6) is 0 Å². The van der Waals surface area contributed by atoms with Gasteiger partial charge in [0.25, 0.3) is 0 Å². The lowest BCUT2D eigenvalue weighted by atomic mass is 9.92. The maximum absolute atomic E-state index is 12.7. The molecule has 0 aliphatic carbocycles. The summed E-state index contributed by atoms with van der Waals surface area (Å²) in [6, 6.07) is 3.86. The zero-order valence-corrected chi connectivity index (χ0v) is 53.3. The van der Waals surface area contributed by atoms with Gasteiger partial charge in [0.1, 0.15) is 35.2 Å². The number of hydrogen-bond donors (Lipinski definition) is 2. The summed E-state index contributed by atoms with van der Waals surface area (Å²) in [7, 11) is 0. The molecule has 2 saturated heterocycles. The molecule has 12 heterocycles. The highest BCUT2D eigenvalue weighted by Gasteiger charge is 2.40. The Kier molecular flexibility index (Phi) is 19.9. The third-order valence-corrected chi connectivity index (χ3v) is 16.3. The number of anilines is 2. The summed E-state index contributed by atoms with van der Waals surface area (Å²) >= 11 is 0. The zero-order chi connectivity index (χ0) is 61.9. The summed E-state index contributed by atoms with van der Waals surface area (Å²) in [5, 5.41) is 48.4. The quantitative estimate of drug-likeness (QED) is 0.129. The van der Waals surface area contributed by atoms with Crippen LogP contribution in [0, 0.1) is 25.7 Å². The minimum Gasteiger partial charge on any atom is -0.479 e. The Hall–Kier alpha value is -6.18. The molecule has 0 amide bonds. The summed E-state index contributed by atoms with van der Waals surface area (Å²) in [4.78, 5) is 39.4. The van der Waals surface area contributed by atoms with Crippen LogP contribution in [-0.2, 0) is 51.1 Å². The molecule has 6 aromatic heterocycles. The summed E-state index contributed by atoms with van der Waals surface area (Å²) in [6.07, 6.45) is 9.74. The lowest BCUT2D eigenvalue weighted by Crippen LogP contribution is -2.46. The first-order valence-electron chi connectivity index (χ1n) is 31.0. The van der Waals surface area contributed by atoms with Gasteiger partial charge in [-0.25, -0.2) is 28.9 Å². The van der Waals surface area contributed by atoms with Crippen LogP contribution >= 0.6 is 0 Å². The van der Waals surface area contributed by atoms with E-state index in [4.69, 9.17) is 48.6 Å². The third kappa shape index (κ3) is 15.9. The van der Waals surface area contributed by atoms with Crippen molar-refractivity contribution in [3.05, 3.63) is 69.8 Å². The lowest BCUT2D eigenvalue weighted by molar-refractivity contribution is -0.161. The van der Waals surface area contributed by atoms with E-state index >= 15 is 0 Å². The van der Waals surface area contributed by atoms with E-state index in [2.05, 4.69) is 72.0 Å². The summed E-state index contributed by atoms with van der Waals surface area (Å²) in [6.45, 7) is 34.1. The van der Waals surface area contributed by atoms with E-state index in [9.17, 15) is 19.8 Å². The fraction of sp³-hybridized carbons (Fsp3) is 0.710. The first-order valence-corrected chi connectivity index (χ1v) is 31.0. The normalized spacial score (nSPS) is 23.0. The number of nitrogens with zero attached hydrogens (tertiary/aromatic N) is 14. The molecule has 2 unspecified atom stereocenters. The highest BCUT2D eigenvalue weighted by Crippen LogP contribution is 2.41. The lowest BCUT2D eigenvalue weighted by Gasteiger charge is -2.41. The van der Waals surface area contributed by atoms with Gasteiger partial charge in [-0.1, -0.05) is 38.1 Å². The highest BCUT2D eigenvalue weighted by atomic mass is 16.5. The molecular formula is C62H94N14O10. The van der Waals surface area contributed by atoms with E-state index in [-0.39, 0.29) is 23.4 Å². The van der Waals surface area contributed by atoms with Gasteiger partial charge in [0.05, 0.1) is 70.4 Å². The molecule has 0 radical (unpaired) electrons. The van der Waals surface area contributed by atoms with Crippen molar-refractivity contribution in [2.45, 2.75) is 221 Å². The van der Waals surface area contributed by atoms with E-state index in [0.717, 1.165) is 87.0 Å². The summed E-state index contributed by atoms with van der Waals surface area (Å²) < 4.78 is 44.9. The van der Waals surface area contributed by atoms with Crippen LogP contribution in [0.3, 0.4) is 0 Å². The van der Waals surface area contributed by atoms with Crippen molar-refractivity contribution in [3.8, 4) is 0 Å². The van der Waals surface area contributed by atoms with E-state index in [1.807, 2.05) is 79.9 Å². The molecule has 6 aromatic rings. The predicted molar refractivity (Wildman–Crippen MR) is 322 cm³/mol. The van der Waals surface area contributed by atoms with Crippen LogP contribution in [0.25, 0.3) is 11.3 Å². The number of rotatable bonds is 10. The van der Waals surface area contributed by atoms with Crippen molar-refractivity contribution in [3.63, 3.8) is 0 Å². The maximum Gasteiger partial charge on any atom is 0.337 e. The van der Waals surface area contributed by atoms with Crippen LogP contribution in [-0.4, -0.2) is 156 Å². The van der Waals surface area contributed by atoms with Crippen molar-refractivity contribution < 1.29 is 48.2 Å². The number of piperidine rings is 2. The summed E-state index contributed by atoms with van der Waals surface area (Å²) in [5.74, 6) is 0.184. The molecule has 24 nitrogen and oxygen atoms in total. The molecule has 86 heavy (non-hydrogen) atoms. The molecule has 6 aliphatic heterocycles. The SMILES string of the molecule is Cc1nc2cc3nn2c(c1[C@H](OC(C)(C)C)C(=O)O)N1CCC(C)(CC1)OCCCCOC(CC(C)C)c1cn(nn1)C3.Cc1nc2cc3nn2c(c1[C@H](OC(C)(C)C)C(=O)O)N1CCC(C)(CC1)OCCCCOC(CC(C)C)c1cn(nn1)C3. The molecule has 6 aliphatic rings. The van der Waals surface area contributed by atoms with Gasteiger partial charge >= 0.3 is 11.9 Å². The zero-order valence-electron chi connectivity index (χ0n) is 53.3. The van der Waals surface area contributed by atoms with Gasteiger partial charge < -0.3 is 48.4 Å². The van der Waals surface area contributed by atoms with Crippen molar-refractivity contribution in [1.82, 2.24) is 59.2 Å². The smallest absolute Gasteiger partial charge is 0.337 e. The summed E-state index contributed by atoms with van der Waals surface area (Å²) in [5.41, 5.74) is 4.77. The first-order chi connectivity index (χ1) is 40.6. The molecule has 12 rings (SSSR count). The molecule has 0 spiro atoms. The van der Waals surface area contributed by atoms with Gasteiger partial charge in [-0.3, -0.25) is 0 Å².